The van der Waals surface area contributed by atoms with Crippen LogP contribution >= 0.6 is 11.3 Å². The number of nitrogens with zero attached hydrogens (tertiary/aromatic N) is 3. The third-order valence-corrected chi connectivity index (χ3v) is 6.51. The Hall–Kier alpha value is -1.76. The first-order valence-electron chi connectivity index (χ1n) is 9.93. The zero-order valence-corrected chi connectivity index (χ0v) is 16.8. The van der Waals surface area contributed by atoms with Crippen LogP contribution in [0.15, 0.2) is 35.7 Å². The SMILES string of the molecule is CC(=O)Nc1nc(CN2CCCC2C2CCCN2Cc2ccccc2)cs1. The van der Waals surface area contributed by atoms with E-state index in [1.807, 2.05) is 0 Å². The zero-order chi connectivity index (χ0) is 18.6. The molecule has 2 atom stereocenters. The number of rotatable bonds is 6. The van der Waals surface area contributed by atoms with Crippen molar-refractivity contribution in [1.82, 2.24) is 14.8 Å². The molecule has 2 unspecified atom stereocenters. The molecule has 0 spiro atoms. The average molecular weight is 385 g/mol. The molecule has 4 rings (SSSR count). The Morgan fingerprint density at radius 1 is 1.11 bits per heavy atom. The van der Waals surface area contributed by atoms with Gasteiger partial charge in [-0.05, 0) is 44.3 Å². The number of benzene rings is 1. The summed E-state index contributed by atoms with van der Waals surface area (Å²) in [6.07, 6.45) is 5.13. The van der Waals surface area contributed by atoms with E-state index in [9.17, 15) is 4.79 Å². The van der Waals surface area contributed by atoms with E-state index in [1.54, 1.807) is 0 Å². The lowest BCUT2D eigenvalue weighted by Gasteiger charge is -2.35. The fourth-order valence-electron chi connectivity index (χ4n) is 4.58. The quantitative estimate of drug-likeness (QED) is 0.824. The van der Waals surface area contributed by atoms with Crippen LogP contribution in [0.25, 0.3) is 0 Å². The summed E-state index contributed by atoms with van der Waals surface area (Å²) in [4.78, 5) is 21.1. The predicted octanol–water partition coefficient (Wildman–Crippen LogP) is 3.73. The van der Waals surface area contributed by atoms with E-state index in [0.29, 0.717) is 17.2 Å². The summed E-state index contributed by atoms with van der Waals surface area (Å²) >= 11 is 1.52. The molecule has 2 aliphatic heterocycles. The van der Waals surface area contributed by atoms with Gasteiger partial charge in [-0.1, -0.05) is 30.3 Å². The molecule has 1 N–H and O–H groups in total. The highest BCUT2D eigenvalue weighted by Gasteiger charge is 2.37. The van der Waals surface area contributed by atoms with Crippen LogP contribution in [0.3, 0.4) is 0 Å². The summed E-state index contributed by atoms with van der Waals surface area (Å²) < 4.78 is 0. The lowest BCUT2D eigenvalue weighted by Crippen LogP contribution is -2.45. The predicted molar refractivity (Wildman–Crippen MR) is 110 cm³/mol. The van der Waals surface area contributed by atoms with Crippen LogP contribution in [0.1, 0.15) is 43.9 Å². The second-order valence-corrected chi connectivity index (χ2v) is 8.53. The number of nitrogens with one attached hydrogen (secondary N) is 1. The molecule has 5 nitrogen and oxygen atoms in total. The molecule has 2 saturated heterocycles. The van der Waals surface area contributed by atoms with Crippen molar-refractivity contribution in [3.8, 4) is 0 Å². The molecule has 6 heteroatoms. The van der Waals surface area contributed by atoms with Gasteiger partial charge in [0, 0.05) is 37.5 Å². The molecule has 0 radical (unpaired) electrons. The Kier molecular flexibility index (Phi) is 5.86. The van der Waals surface area contributed by atoms with Crippen molar-refractivity contribution in [2.75, 3.05) is 18.4 Å². The maximum atomic E-state index is 11.2. The van der Waals surface area contributed by atoms with Crippen LogP contribution in [0.5, 0.6) is 0 Å². The monoisotopic (exact) mass is 384 g/mol. The summed E-state index contributed by atoms with van der Waals surface area (Å²) in [6, 6.07) is 12.1. The number of carbonyl (C=O) groups is 1. The fraction of sp³-hybridized carbons (Fsp3) is 0.524. The fourth-order valence-corrected chi connectivity index (χ4v) is 5.33. The molecular weight excluding hydrogens is 356 g/mol. The first-order valence-corrected chi connectivity index (χ1v) is 10.8. The highest BCUT2D eigenvalue weighted by Crippen LogP contribution is 2.32. The third kappa shape index (κ3) is 4.57. The number of anilines is 1. The first kappa shape index (κ1) is 18.6. The Morgan fingerprint density at radius 3 is 2.44 bits per heavy atom. The summed E-state index contributed by atoms with van der Waals surface area (Å²) in [7, 11) is 0. The first-order chi connectivity index (χ1) is 13.2. The second-order valence-electron chi connectivity index (χ2n) is 7.67. The lowest BCUT2D eigenvalue weighted by atomic mass is 10.0. The van der Waals surface area contributed by atoms with Crippen molar-refractivity contribution in [2.45, 2.75) is 57.8 Å². The third-order valence-electron chi connectivity index (χ3n) is 5.70. The van der Waals surface area contributed by atoms with Gasteiger partial charge in [-0.2, -0.15) is 0 Å². The number of thiazole rings is 1. The van der Waals surface area contributed by atoms with Crippen LogP contribution < -0.4 is 5.32 Å². The Morgan fingerprint density at radius 2 is 1.78 bits per heavy atom. The Labute approximate surface area is 165 Å². The number of aromatic nitrogens is 1. The van der Waals surface area contributed by atoms with Crippen molar-refractivity contribution >= 4 is 22.4 Å². The van der Waals surface area contributed by atoms with Gasteiger partial charge in [0.1, 0.15) is 0 Å². The van der Waals surface area contributed by atoms with Crippen molar-refractivity contribution in [2.24, 2.45) is 0 Å². The normalized spacial score (nSPS) is 23.7. The minimum Gasteiger partial charge on any atom is -0.302 e. The molecule has 3 heterocycles. The molecule has 2 aliphatic rings. The van der Waals surface area contributed by atoms with Crippen LogP contribution in [0.4, 0.5) is 5.13 Å². The van der Waals surface area contributed by atoms with E-state index in [1.165, 1.54) is 56.1 Å². The van der Waals surface area contributed by atoms with Gasteiger partial charge in [-0.15, -0.1) is 11.3 Å². The Bertz CT molecular complexity index is 763. The van der Waals surface area contributed by atoms with Gasteiger partial charge < -0.3 is 5.32 Å². The van der Waals surface area contributed by atoms with E-state index in [2.05, 4.69) is 55.8 Å². The van der Waals surface area contributed by atoms with Gasteiger partial charge in [0.25, 0.3) is 0 Å². The molecule has 1 amide bonds. The van der Waals surface area contributed by atoms with E-state index < -0.39 is 0 Å². The number of likely N-dealkylation sites (tertiary alicyclic amines) is 2. The van der Waals surface area contributed by atoms with Gasteiger partial charge in [0.05, 0.1) is 5.69 Å². The average Bonchev–Trinajstić information content (AvgIpc) is 3.37. The van der Waals surface area contributed by atoms with Crippen LogP contribution in [-0.4, -0.2) is 45.9 Å². The van der Waals surface area contributed by atoms with Gasteiger partial charge in [-0.3, -0.25) is 14.6 Å². The lowest BCUT2D eigenvalue weighted by molar-refractivity contribution is -0.114. The van der Waals surface area contributed by atoms with Crippen molar-refractivity contribution in [1.29, 1.82) is 0 Å². The molecule has 0 bridgehead atoms. The second kappa shape index (κ2) is 8.50. The molecule has 0 aliphatic carbocycles. The van der Waals surface area contributed by atoms with E-state index in [-0.39, 0.29) is 5.91 Å². The maximum Gasteiger partial charge on any atom is 0.223 e. The van der Waals surface area contributed by atoms with Crippen molar-refractivity contribution in [3.63, 3.8) is 0 Å². The number of hydrogen-bond donors (Lipinski definition) is 1. The number of hydrogen-bond acceptors (Lipinski definition) is 5. The smallest absolute Gasteiger partial charge is 0.223 e. The van der Waals surface area contributed by atoms with E-state index in [0.717, 1.165) is 25.3 Å². The highest BCUT2D eigenvalue weighted by molar-refractivity contribution is 7.13. The van der Waals surface area contributed by atoms with Crippen molar-refractivity contribution in [3.05, 3.63) is 47.0 Å². The Balaban J connectivity index is 1.41. The molecule has 2 fully saturated rings. The van der Waals surface area contributed by atoms with E-state index in [4.69, 9.17) is 0 Å². The van der Waals surface area contributed by atoms with Crippen LogP contribution in [-0.2, 0) is 17.9 Å². The molecule has 0 saturated carbocycles. The van der Waals surface area contributed by atoms with E-state index >= 15 is 0 Å². The largest absolute Gasteiger partial charge is 0.302 e. The summed E-state index contributed by atoms with van der Waals surface area (Å²) in [5.74, 6) is -0.0579. The van der Waals surface area contributed by atoms with Crippen LogP contribution in [0, 0.1) is 0 Å². The molecular formula is C21H28N4OS. The van der Waals surface area contributed by atoms with Crippen LogP contribution in [0.2, 0.25) is 0 Å². The van der Waals surface area contributed by atoms with Gasteiger partial charge >= 0.3 is 0 Å². The minimum atomic E-state index is -0.0579. The summed E-state index contributed by atoms with van der Waals surface area (Å²) in [6.45, 7) is 5.81. The molecule has 1 aromatic heterocycles. The van der Waals surface area contributed by atoms with Gasteiger partial charge in [0.2, 0.25) is 5.91 Å². The summed E-state index contributed by atoms with van der Waals surface area (Å²) in [5, 5.41) is 5.58. The molecule has 2 aromatic rings. The van der Waals surface area contributed by atoms with Crippen molar-refractivity contribution < 1.29 is 4.79 Å². The number of carbonyl (C=O) groups excluding carboxylic acids is 1. The standard InChI is InChI=1S/C21H28N4OS/c1-16(26)22-21-23-18(15-27-21)14-25-12-6-10-20(25)19-9-5-11-24(19)13-17-7-3-2-4-8-17/h2-4,7-8,15,19-20H,5-6,9-14H2,1H3,(H,22,23,26). The highest BCUT2D eigenvalue weighted by atomic mass is 32.1. The molecule has 144 valence electrons. The maximum absolute atomic E-state index is 11.2. The molecule has 27 heavy (non-hydrogen) atoms. The minimum absolute atomic E-state index is 0.0579. The number of amides is 1. The van der Waals surface area contributed by atoms with Gasteiger partial charge in [0.15, 0.2) is 5.13 Å². The van der Waals surface area contributed by atoms with Gasteiger partial charge in [-0.25, -0.2) is 4.98 Å². The topological polar surface area (TPSA) is 48.5 Å². The molecule has 1 aromatic carbocycles. The zero-order valence-electron chi connectivity index (χ0n) is 15.9. The summed E-state index contributed by atoms with van der Waals surface area (Å²) in [5.41, 5.74) is 2.48.